The largest absolute Gasteiger partial charge is 0.393 e. The molecule has 0 bridgehead atoms. The Morgan fingerprint density at radius 1 is 1.46 bits per heavy atom. The summed E-state index contributed by atoms with van der Waals surface area (Å²) in [6.07, 6.45) is 2.20. The van der Waals surface area contributed by atoms with Crippen LogP contribution in [0, 0.1) is 5.92 Å². The fourth-order valence-electron chi connectivity index (χ4n) is 1.51. The van der Waals surface area contributed by atoms with E-state index in [1.54, 1.807) is 0 Å². The van der Waals surface area contributed by atoms with Gasteiger partial charge in [0.15, 0.2) is 0 Å². The molecule has 1 saturated heterocycles. The van der Waals surface area contributed by atoms with E-state index in [9.17, 15) is 9.59 Å². The maximum atomic E-state index is 11.0. The van der Waals surface area contributed by atoms with Crippen LogP contribution in [0.15, 0.2) is 0 Å². The SMILES string of the molecule is C[SiH](C)CCCC1CC(=O)OC1=O. The Balaban J connectivity index is 2.22. The number of carbonyl (C=O) groups is 2. The monoisotopic (exact) mass is 200 g/mol. The fourth-order valence-corrected chi connectivity index (χ4v) is 2.57. The zero-order valence-corrected chi connectivity index (χ0v) is 9.36. The zero-order valence-electron chi connectivity index (χ0n) is 8.21. The van der Waals surface area contributed by atoms with Crippen LogP contribution in [0.1, 0.15) is 19.3 Å². The normalized spacial score (nSPS) is 22.5. The number of ether oxygens (including phenoxy) is 1. The average molecular weight is 200 g/mol. The molecule has 74 valence electrons. The molecule has 3 nitrogen and oxygen atoms in total. The minimum absolute atomic E-state index is 0.139. The maximum Gasteiger partial charge on any atom is 0.317 e. The van der Waals surface area contributed by atoms with Crippen molar-refractivity contribution < 1.29 is 14.3 Å². The van der Waals surface area contributed by atoms with E-state index < -0.39 is 8.80 Å². The van der Waals surface area contributed by atoms with Crippen LogP contribution in [-0.2, 0) is 14.3 Å². The first-order valence-corrected chi connectivity index (χ1v) is 7.96. The van der Waals surface area contributed by atoms with Crippen LogP contribution in [0.3, 0.4) is 0 Å². The first-order chi connectivity index (χ1) is 6.09. The van der Waals surface area contributed by atoms with Crippen LogP contribution in [0.2, 0.25) is 19.1 Å². The Labute approximate surface area is 80.1 Å². The summed E-state index contributed by atoms with van der Waals surface area (Å²) in [5.41, 5.74) is 0. The first-order valence-electron chi connectivity index (χ1n) is 4.84. The molecule has 1 unspecified atom stereocenters. The molecule has 0 radical (unpaired) electrons. The molecule has 0 aliphatic carbocycles. The molecule has 0 aromatic rings. The average Bonchev–Trinajstić information content (AvgIpc) is 2.29. The van der Waals surface area contributed by atoms with Gasteiger partial charge < -0.3 is 4.74 Å². The molecule has 1 aliphatic rings. The molecule has 1 aliphatic heterocycles. The first kappa shape index (κ1) is 10.4. The highest BCUT2D eigenvalue weighted by Gasteiger charge is 2.32. The van der Waals surface area contributed by atoms with Crippen LogP contribution >= 0.6 is 0 Å². The predicted octanol–water partition coefficient (Wildman–Crippen LogP) is 1.34. The van der Waals surface area contributed by atoms with Crippen molar-refractivity contribution in [3.8, 4) is 0 Å². The van der Waals surface area contributed by atoms with Gasteiger partial charge in [-0.05, 0) is 6.42 Å². The van der Waals surface area contributed by atoms with Crippen molar-refractivity contribution in [1.29, 1.82) is 0 Å². The van der Waals surface area contributed by atoms with Crippen molar-refractivity contribution >= 4 is 20.7 Å². The Morgan fingerprint density at radius 2 is 2.15 bits per heavy atom. The molecule has 13 heavy (non-hydrogen) atoms. The van der Waals surface area contributed by atoms with Crippen LogP contribution in [0.4, 0.5) is 0 Å². The van der Waals surface area contributed by atoms with E-state index in [-0.39, 0.29) is 17.9 Å². The predicted molar refractivity (Wildman–Crippen MR) is 52.1 cm³/mol. The third-order valence-corrected chi connectivity index (χ3v) is 3.86. The molecule has 1 rings (SSSR count). The van der Waals surface area contributed by atoms with Gasteiger partial charge in [-0.25, -0.2) is 0 Å². The third-order valence-electron chi connectivity index (χ3n) is 2.29. The van der Waals surface area contributed by atoms with Gasteiger partial charge >= 0.3 is 11.9 Å². The Bertz CT molecular complexity index is 213. The van der Waals surface area contributed by atoms with Crippen LogP contribution in [0.5, 0.6) is 0 Å². The number of hydrogen-bond acceptors (Lipinski definition) is 3. The number of rotatable bonds is 4. The topological polar surface area (TPSA) is 43.4 Å². The third kappa shape index (κ3) is 3.30. The molecule has 0 amide bonds. The number of carbonyl (C=O) groups excluding carboxylic acids is 2. The Kier molecular flexibility index (Phi) is 3.66. The standard InChI is InChI=1S/C9H16O3Si/c1-13(2)5-3-4-7-6-8(10)12-9(7)11/h7,13H,3-6H2,1-2H3. The summed E-state index contributed by atoms with van der Waals surface area (Å²) in [5.74, 6) is -0.799. The van der Waals surface area contributed by atoms with Crippen molar-refractivity contribution in [1.82, 2.24) is 0 Å². The summed E-state index contributed by atoms with van der Waals surface area (Å²) >= 11 is 0. The van der Waals surface area contributed by atoms with Gasteiger partial charge in [-0.2, -0.15) is 0 Å². The van der Waals surface area contributed by atoms with Crippen LogP contribution < -0.4 is 0 Å². The van der Waals surface area contributed by atoms with Gasteiger partial charge in [-0.15, -0.1) is 0 Å². The number of cyclic esters (lactones) is 2. The lowest BCUT2D eigenvalue weighted by molar-refractivity contribution is -0.153. The second-order valence-electron chi connectivity index (χ2n) is 4.02. The van der Waals surface area contributed by atoms with Crippen molar-refractivity contribution in [2.24, 2.45) is 5.92 Å². The lowest BCUT2D eigenvalue weighted by atomic mass is 10.0. The number of esters is 2. The molecule has 0 spiro atoms. The minimum Gasteiger partial charge on any atom is -0.393 e. The van der Waals surface area contributed by atoms with E-state index in [1.807, 2.05) is 0 Å². The van der Waals surface area contributed by atoms with Gasteiger partial charge in [0, 0.05) is 8.80 Å². The van der Waals surface area contributed by atoms with E-state index >= 15 is 0 Å². The second-order valence-corrected chi connectivity index (χ2v) is 7.38. The summed E-state index contributed by atoms with van der Waals surface area (Å²) in [5, 5.41) is 0. The van der Waals surface area contributed by atoms with Gasteiger partial charge in [0.2, 0.25) is 0 Å². The highest BCUT2D eigenvalue weighted by atomic mass is 28.3. The summed E-state index contributed by atoms with van der Waals surface area (Å²) in [7, 11) is -0.504. The van der Waals surface area contributed by atoms with Gasteiger partial charge in [0.05, 0.1) is 12.3 Å². The quantitative estimate of drug-likeness (QED) is 0.391. The highest BCUT2D eigenvalue weighted by molar-refractivity contribution is 6.55. The molecule has 0 N–H and O–H groups in total. The van der Waals surface area contributed by atoms with E-state index in [1.165, 1.54) is 6.04 Å². The van der Waals surface area contributed by atoms with E-state index in [0.29, 0.717) is 6.42 Å². The van der Waals surface area contributed by atoms with Crippen molar-refractivity contribution in [2.45, 2.75) is 38.4 Å². The van der Waals surface area contributed by atoms with E-state index in [0.717, 1.165) is 12.8 Å². The Morgan fingerprint density at radius 3 is 2.62 bits per heavy atom. The van der Waals surface area contributed by atoms with E-state index in [4.69, 9.17) is 0 Å². The smallest absolute Gasteiger partial charge is 0.317 e. The summed E-state index contributed by atoms with van der Waals surface area (Å²) < 4.78 is 4.46. The molecule has 0 aromatic heterocycles. The summed E-state index contributed by atoms with van der Waals surface area (Å²) in [6, 6.07) is 1.25. The summed E-state index contributed by atoms with van der Waals surface area (Å²) in [6.45, 7) is 4.58. The molecule has 1 heterocycles. The van der Waals surface area contributed by atoms with Gasteiger partial charge in [0.1, 0.15) is 0 Å². The molecule has 1 atom stereocenters. The number of hydrogen-bond donors (Lipinski definition) is 0. The molecular weight excluding hydrogens is 184 g/mol. The Hall–Kier alpha value is -0.643. The van der Waals surface area contributed by atoms with Crippen molar-refractivity contribution in [2.75, 3.05) is 0 Å². The molecular formula is C9H16O3Si. The molecule has 1 fully saturated rings. The lowest BCUT2D eigenvalue weighted by Crippen LogP contribution is -2.08. The van der Waals surface area contributed by atoms with Gasteiger partial charge in [-0.3, -0.25) is 9.59 Å². The van der Waals surface area contributed by atoms with Crippen LogP contribution in [-0.4, -0.2) is 20.7 Å². The van der Waals surface area contributed by atoms with Crippen LogP contribution in [0.25, 0.3) is 0 Å². The zero-order chi connectivity index (χ0) is 9.84. The maximum absolute atomic E-state index is 11.0. The fraction of sp³-hybridized carbons (Fsp3) is 0.778. The van der Waals surface area contributed by atoms with Gasteiger partial charge in [-0.1, -0.05) is 25.6 Å². The van der Waals surface area contributed by atoms with Gasteiger partial charge in [0.25, 0.3) is 0 Å². The molecule has 0 aromatic carbocycles. The highest BCUT2D eigenvalue weighted by Crippen LogP contribution is 2.22. The van der Waals surface area contributed by atoms with Crippen molar-refractivity contribution in [3.63, 3.8) is 0 Å². The molecule has 4 heteroatoms. The minimum atomic E-state index is -0.504. The van der Waals surface area contributed by atoms with Crippen molar-refractivity contribution in [3.05, 3.63) is 0 Å². The molecule has 0 saturated carbocycles. The van der Waals surface area contributed by atoms with E-state index in [2.05, 4.69) is 17.8 Å². The summed E-state index contributed by atoms with van der Waals surface area (Å²) in [4.78, 5) is 21.8. The second kappa shape index (κ2) is 4.55. The lowest BCUT2D eigenvalue weighted by Gasteiger charge is -2.05.